The van der Waals surface area contributed by atoms with Crippen molar-refractivity contribution in [1.82, 2.24) is 14.8 Å². The van der Waals surface area contributed by atoms with Crippen LogP contribution in [0.25, 0.3) is 16.7 Å². The molecule has 1 aliphatic rings. The Kier molecular flexibility index (Phi) is 5.74. The van der Waals surface area contributed by atoms with Gasteiger partial charge in [0, 0.05) is 40.6 Å². The molecule has 1 amide bonds. The SMILES string of the molecule is CCN(CC)CCN1C(=O)C(=O)/C(=C(\O)c2c[nH]c3ccccc23)C1c1cccs1. The normalized spacial score (nSPS) is 18.8. The van der Waals surface area contributed by atoms with E-state index in [1.807, 2.05) is 41.8 Å². The first-order valence-corrected chi connectivity index (χ1v) is 11.0. The van der Waals surface area contributed by atoms with Crippen molar-refractivity contribution in [3.8, 4) is 0 Å². The summed E-state index contributed by atoms with van der Waals surface area (Å²) < 4.78 is 0. The predicted octanol–water partition coefficient (Wildman–Crippen LogP) is 3.99. The number of likely N-dealkylation sites (tertiary alicyclic amines) is 1. The van der Waals surface area contributed by atoms with E-state index in [-0.39, 0.29) is 11.3 Å². The first-order chi connectivity index (χ1) is 14.6. The zero-order chi connectivity index (χ0) is 21.3. The van der Waals surface area contributed by atoms with Gasteiger partial charge >= 0.3 is 0 Å². The molecule has 6 nitrogen and oxygen atoms in total. The molecule has 2 N–H and O–H groups in total. The summed E-state index contributed by atoms with van der Waals surface area (Å²) in [5.74, 6) is -1.31. The number of likely N-dealkylation sites (N-methyl/N-ethyl adjacent to an activating group) is 1. The Labute approximate surface area is 179 Å². The van der Waals surface area contributed by atoms with Gasteiger partial charge in [0.25, 0.3) is 11.7 Å². The second kappa shape index (κ2) is 8.45. The molecule has 7 heteroatoms. The zero-order valence-electron chi connectivity index (χ0n) is 17.1. The minimum Gasteiger partial charge on any atom is -0.507 e. The van der Waals surface area contributed by atoms with Crippen LogP contribution in [0.1, 0.15) is 30.3 Å². The number of benzene rings is 1. The van der Waals surface area contributed by atoms with E-state index in [0.29, 0.717) is 18.7 Å². The Morgan fingerprint density at radius 3 is 2.63 bits per heavy atom. The topological polar surface area (TPSA) is 76.6 Å². The summed E-state index contributed by atoms with van der Waals surface area (Å²) in [5.41, 5.74) is 1.56. The van der Waals surface area contributed by atoms with Gasteiger partial charge in [-0.05, 0) is 30.6 Å². The first-order valence-electron chi connectivity index (χ1n) is 10.2. The fourth-order valence-electron chi connectivity index (χ4n) is 4.05. The largest absolute Gasteiger partial charge is 0.507 e. The summed E-state index contributed by atoms with van der Waals surface area (Å²) in [4.78, 5) is 33.8. The highest BCUT2D eigenvalue weighted by atomic mass is 32.1. The predicted molar refractivity (Wildman–Crippen MR) is 119 cm³/mol. The molecule has 0 aliphatic carbocycles. The Balaban J connectivity index is 1.80. The molecular formula is C23H25N3O3S. The van der Waals surface area contributed by atoms with Crippen molar-refractivity contribution in [1.29, 1.82) is 0 Å². The highest BCUT2D eigenvalue weighted by Crippen LogP contribution is 2.41. The van der Waals surface area contributed by atoms with Crippen LogP contribution in [0, 0.1) is 0 Å². The van der Waals surface area contributed by atoms with E-state index in [1.165, 1.54) is 11.3 Å². The van der Waals surface area contributed by atoms with Gasteiger partial charge < -0.3 is 19.9 Å². The summed E-state index contributed by atoms with van der Waals surface area (Å²) in [7, 11) is 0. The molecule has 4 rings (SSSR count). The molecule has 1 aliphatic heterocycles. The van der Waals surface area contributed by atoms with Crippen LogP contribution < -0.4 is 0 Å². The number of carbonyl (C=O) groups excluding carboxylic acids is 2. The van der Waals surface area contributed by atoms with Crippen molar-refractivity contribution in [2.75, 3.05) is 26.2 Å². The van der Waals surface area contributed by atoms with Crippen LogP contribution >= 0.6 is 11.3 Å². The summed E-state index contributed by atoms with van der Waals surface area (Å²) in [6.45, 7) is 7.00. The Hall–Kier alpha value is -2.90. The molecule has 1 unspecified atom stereocenters. The molecule has 0 radical (unpaired) electrons. The lowest BCUT2D eigenvalue weighted by Gasteiger charge is -2.27. The standard InChI is InChI=1S/C23H25N3O3S/c1-3-25(4-2)11-12-26-20(18-10-7-13-30-18)19(22(28)23(26)29)21(27)16-14-24-17-9-6-5-8-15(16)17/h5-10,13-14,20,24,27H,3-4,11-12H2,1-2H3/b21-19-. The number of carbonyl (C=O) groups is 2. The lowest BCUT2D eigenvalue weighted by Crippen LogP contribution is -2.37. The number of amides is 1. The van der Waals surface area contributed by atoms with Crippen LogP contribution in [0.5, 0.6) is 0 Å². The highest BCUT2D eigenvalue weighted by molar-refractivity contribution is 7.10. The van der Waals surface area contributed by atoms with E-state index in [1.54, 1.807) is 11.1 Å². The van der Waals surface area contributed by atoms with Gasteiger partial charge in [0.15, 0.2) is 0 Å². The molecule has 156 valence electrons. The number of nitrogens with one attached hydrogen (secondary N) is 1. The number of aliphatic hydroxyl groups is 1. The molecule has 3 heterocycles. The van der Waals surface area contributed by atoms with E-state index in [4.69, 9.17) is 0 Å². The van der Waals surface area contributed by atoms with Gasteiger partial charge in [-0.2, -0.15) is 0 Å². The van der Waals surface area contributed by atoms with Gasteiger partial charge in [-0.25, -0.2) is 0 Å². The van der Waals surface area contributed by atoms with Crippen LogP contribution in [0.2, 0.25) is 0 Å². The number of rotatable bonds is 7. The van der Waals surface area contributed by atoms with Gasteiger partial charge in [0.1, 0.15) is 5.76 Å². The number of aromatic amines is 1. The van der Waals surface area contributed by atoms with Crippen LogP contribution in [0.4, 0.5) is 0 Å². The molecule has 30 heavy (non-hydrogen) atoms. The zero-order valence-corrected chi connectivity index (χ0v) is 17.9. The summed E-state index contributed by atoms with van der Waals surface area (Å²) >= 11 is 1.48. The molecule has 1 saturated heterocycles. The maximum Gasteiger partial charge on any atom is 0.295 e. The first kappa shape index (κ1) is 20.4. The highest BCUT2D eigenvalue weighted by Gasteiger charge is 2.46. The van der Waals surface area contributed by atoms with E-state index < -0.39 is 17.7 Å². The number of nitrogens with zero attached hydrogens (tertiary/aromatic N) is 2. The Morgan fingerprint density at radius 2 is 1.93 bits per heavy atom. The fourth-order valence-corrected chi connectivity index (χ4v) is 4.90. The van der Waals surface area contributed by atoms with Crippen LogP contribution in [-0.4, -0.2) is 57.8 Å². The second-order valence-corrected chi connectivity index (χ2v) is 8.26. The summed E-state index contributed by atoms with van der Waals surface area (Å²) in [6.07, 6.45) is 1.69. The number of hydrogen-bond donors (Lipinski definition) is 2. The minimum atomic E-state index is -0.629. The van der Waals surface area contributed by atoms with E-state index in [2.05, 4.69) is 23.7 Å². The van der Waals surface area contributed by atoms with Crippen LogP contribution in [0.3, 0.4) is 0 Å². The molecule has 1 aromatic carbocycles. The molecule has 1 atom stereocenters. The molecule has 2 aromatic heterocycles. The molecule has 0 saturated carbocycles. The third-order valence-corrected chi connectivity index (χ3v) is 6.67. The minimum absolute atomic E-state index is 0.130. The van der Waals surface area contributed by atoms with Crippen molar-refractivity contribution in [2.24, 2.45) is 0 Å². The Morgan fingerprint density at radius 1 is 1.17 bits per heavy atom. The molecule has 0 bridgehead atoms. The van der Waals surface area contributed by atoms with E-state index in [0.717, 1.165) is 28.9 Å². The third-order valence-electron chi connectivity index (χ3n) is 5.75. The van der Waals surface area contributed by atoms with Crippen molar-refractivity contribution in [3.63, 3.8) is 0 Å². The average molecular weight is 424 g/mol. The number of thiophene rings is 1. The Bertz CT molecular complexity index is 1100. The van der Waals surface area contributed by atoms with Crippen LogP contribution in [0.15, 0.2) is 53.5 Å². The number of aliphatic hydroxyl groups excluding tert-OH is 1. The van der Waals surface area contributed by atoms with Crippen LogP contribution in [-0.2, 0) is 9.59 Å². The molecule has 1 fully saturated rings. The van der Waals surface area contributed by atoms with Gasteiger partial charge in [-0.15, -0.1) is 11.3 Å². The van der Waals surface area contributed by atoms with E-state index in [9.17, 15) is 14.7 Å². The maximum atomic E-state index is 13.0. The maximum absolute atomic E-state index is 13.0. The fraction of sp³-hybridized carbons (Fsp3) is 0.304. The van der Waals surface area contributed by atoms with E-state index >= 15 is 0 Å². The van der Waals surface area contributed by atoms with Gasteiger partial charge in [-0.3, -0.25) is 9.59 Å². The number of para-hydroxylation sites is 1. The molecule has 3 aromatic rings. The van der Waals surface area contributed by atoms with Gasteiger partial charge in [0.2, 0.25) is 0 Å². The number of Topliss-reactive ketones (excluding diaryl/α,β-unsaturated/α-hetero) is 1. The second-order valence-electron chi connectivity index (χ2n) is 7.28. The third kappa shape index (κ3) is 3.44. The average Bonchev–Trinajstić information content (AvgIpc) is 3.48. The molecule has 0 spiro atoms. The number of aromatic nitrogens is 1. The van der Waals surface area contributed by atoms with Crippen molar-refractivity contribution < 1.29 is 14.7 Å². The van der Waals surface area contributed by atoms with Gasteiger partial charge in [0.05, 0.1) is 11.6 Å². The van der Waals surface area contributed by atoms with Gasteiger partial charge in [-0.1, -0.05) is 38.1 Å². The van der Waals surface area contributed by atoms with Crippen molar-refractivity contribution >= 4 is 39.7 Å². The number of H-pyrrole nitrogens is 1. The monoisotopic (exact) mass is 423 g/mol. The van der Waals surface area contributed by atoms with Crippen molar-refractivity contribution in [3.05, 3.63) is 64.0 Å². The lowest BCUT2D eigenvalue weighted by atomic mass is 9.99. The quantitative estimate of drug-likeness (QED) is 0.342. The lowest BCUT2D eigenvalue weighted by molar-refractivity contribution is -0.140. The van der Waals surface area contributed by atoms with Crippen molar-refractivity contribution in [2.45, 2.75) is 19.9 Å². The summed E-state index contributed by atoms with van der Waals surface area (Å²) in [5, 5.41) is 13.9. The number of ketones is 1. The number of hydrogen-bond acceptors (Lipinski definition) is 5. The molecular weight excluding hydrogens is 398 g/mol. The number of fused-ring (bicyclic) bond motifs is 1. The summed E-state index contributed by atoms with van der Waals surface area (Å²) in [6, 6.07) is 10.8. The smallest absolute Gasteiger partial charge is 0.295 e.